The molecule has 2 rings (SSSR count). The minimum Gasteiger partial charge on any atom is -0.386 e. The number of aliphatic hydroxyl groups is 1. The summed E-state index contributed by atoms with van der Waals surface area (Å²) in [6.07, 6.45) is 1.16. The average Bonchev–Trinajstić information content (AvgIpc) is 2.80. The molecule has 5 nitrogen and oxygen atoms in total. The molecule has 0 saturated heterocycles. The van der Waals surface area contributed by atoms with E-state index in [4.69, 9.17) is 4.74 Å². The molecule has 2 aromatic rings. The van der Waals surface area contributed by atoms with Crippen molar-refractivity contribution in [1.29, 1.82) is 0 Å². The summed E-state index contributed by atoms with van der Waals surface area (Å²) >= 11 is 0. The maximum absolute atomic E-state index is 11.5. The van der Waals surface area contributed by atoms with Crippen LogP contribution in [0.15, 0.2) is 30.5 Å². The molecular weight excluding hydrogens is 256 g/mol. The number of aryl methyl sites for hydroxylation is 1. The number of carbonyl (C=O) groups excluding carboxylic acids is 1. The van der Waals surface area contributed by atoms with Crippen molar-refractivity contribution < 1.29 is 14.6 Å². The highest BCUT2D eigenvalue weighted by Gasteiger charge is 2.15. The monoisotopic (exact) mass is 276 g/mol. The van der Waals surface area contributed by atoms with Crippen LogP contribution in [0.5, 0.6) is 0 Å². The molecular formula is C15H20N2O3. The SMILES string of the molecule is CCOCC(=O)NC[C@@H](O)c1cn(C)c2ccccc12. The van der Waals surface area contributed by atoms with Crippen LogP contribution < -0.4 is 5.32 Å². The standard InChI is InChI=1S/C15H20N2O3/c1-3-20-10-15(19)16-8-14(18)12-9-17(2)13-7-5-4-6-11(12)13/h4-7,9,14,18H,3,8,10H2,1-2H3,(H,16,19)/t14-/m1/s1. The zero-order valence-corrected chi connectivity index (χ0v) is 11.8. The first-order chi connectivity index (χ1) is 9.63. The Morgan fingerprint density at radius 3 is 2.95 bits per heavy atom. The highest BCUT2D eigenvalue weighted by atomic mass is 16.5. The molecule has 1 amide bonds. The van der Waals surface area contributed by atoms with E-state index in [1.54, 1.807) is 0 Å². The van der Waals surface area contributed by atoms with Gasteiger partial charge < -0.3 is 19.7 Å². The van der Waals surface area contributed by atoms with Crippen LogP contribution >= 0.6 is 0 Å². The van der Waals surface area contributed by atoms with Gasteiger partial charge in [-0.1, -0.05) is 18.2 Å². The van der Waals surface area contributed by atoms with Gasteiger partial charge in [-0.15, -0.1) is 0 Å². The lowest BCUT2D eigenvalue weighted by atomic mass is 10.1. The number of aromatic nitrogens is 1. The van der Waals surface area contributed by atoms with E-state index in [0.717, 1.165) is 16.5 Å². The summed E-state index contributed by atoms with van der Waals surface area (Å²) in [5.74, 6) is -0.217. The largest absolute Gasteiger partial charge is 0.386 e. The van der Waals surface area contributed by atoms with Crippen molar-refractivity contribution in [3.63, 3.8) is 0 Å². The molecule has 0 aliphatic rings. The predicted molar refractivity (Wildman–Crippen MR) is 77.4 cm³/mol. The van der Waals surface area contributed by atoms with Crippen molar-refractivity contribution in [2.24, 2.45) is 7.05 Å². The molecule has 2 N–H and O–H groups in total. The third-order valence-corrected chi connectivity index (χ3v) is 3.22. The Kier molecular flexibility index (Phi) is 4.76. The number of hydrogen-bond donors (Lipinski definition) is 2. The fourth-order valence-electron chi connectivity index (χ4n) is 2.20. The second-order valence-electron chi connectivity index (χ2n) is 4.67. The van der Waals surface area contributed by atoms with Crippen LogP contribution in [0.2, 0.25) is 0 Å². The number of fused-ring (bicyclic) bond motifs is 1. The molecule has 0 saturated carbocycles. The summed E-state index contributed by atoms with van der Waals surface area (Å²) in [4.78, 5) is 11.5. The fourth-order valence-corrected chi connectivity index (χ4v) is 2.20. The topological polar surface area (TPSA) is 63.5 Å². The molecule has 0 radical (unpaired) electrons. The number of aliphatic hydroxyl groups excluding tert-OH is 1. The van der Waals surface area contributed by atoms with E-state index in [2.05, 4.69) is 5.32 Å². The van der Waals surface area contributed by atoms with Gasteiger partial charge >= 0.3 is 0 Å². The molecule has 5 heteroatoms. The Balaban J connectivity index is 2.04. The molecule has 0 unspecified atom stereocenters. The minimum absolute atomic E-state index is 0.0265. The summed E-state index contributed by atoms with van der Waals surface area (Å²) in [5.41, 5.74) is 1.88. The zero-order chi connectivity index (χ0) is 14.5. The predicted octanol–water partition coefficient (Wildman–Crippen LogP) is 1.36. The maximum Gasteiger partial charge on any atom is 0.246 e. The average molecular weight is 276 g/mol. The van der Waals surface area contributed by atoms with Gasteiger partial charge in [0.05, 0.1) is 6.10 Å². The molecule has 0 bridgehead atoms. The second-order valence-corrected chi connectivity index (χ2v) is 4.67. The Morgan fingerprint density at radius 2 is 2.20 bits per heavy atom. The number of benzene rings is 1. The molecule has 0 aliphatic heterocycles. The smallest absolute Gasteiger partial charge is 0.246 e. The molecule has 0 spiro atoms. The van der Waals surface area contributed by atoms with E-state index in [9.17, 15) is 9.90 Å². The zero-order valence-electron chi connectivity index (χ0n) is 11.8. The Bertz CT molecular complexity index is 592. The van der Waals surface area contributed by atoms with Gasteiger partial charge in [-0.05, 0) is 13.0 Å². The summed E-state index contributed by atoms with van der Waals surface area (Å²) < 4.78 is 6.98. The number of carbonyl (C=O) groups is 1. The van der Waals surface area contributed by atoms with Gasteiger partial charge in [0.25, 0.3) is 0 Å². The van der Waals surface area contributed by atoms with Crippen molar-refractivity contribution >= 4 is 16.8 Å². The van der Waals surface area contributed by atoms with Gasteiger partial charge in [0.2, 0.25) is 5.91 Å². The number of hydrogen-bond acceptors (Lipinski definition) is 3. The van der Waals surface area contributed by atoms with E-state index in [0.29, 0.717) is 6.61 Å². The maximum atomic E-state index is 11.5. The summed E-state index contributed by atoms with van der Waals surface area (Å²) in [6.45, 7) is 2.54. The summed E-state index contributed by atoms with van der Waals surface area (Å²) in [5, 5.41) is 13.9. The van der Waals surface area contributed by atoms with E-state index in [1.807, 2.05) is 49.0 Å². The lowest BCUT2D eigenvalue weighted by Crippen LogP contribution is -2.31. The van der Waals surface area contributed by atoms with Gasteiger partial charge in [0, 0.05) is 42.9 Å². The van der Waals surface area contributed by atoms with Crippen molar-refractivity contribution in [3.8, 4) is 0 Å². The van der Waals surface area contributed by atoms with Crippen LogP contribution in [-0.2, 0) is 16.6 Å². The van der Waals surface area contributed by atoms with Crippen molar-refractivity contribution in [1.82, 2.24) is 9.88 Å². The van der Waals surface area contributed by atoms with E-state index in [1.165, 1.54) is 0 Å². The number of ether oxygens (including phenoxy) is 1. The molecule has 108 valence electrons. The number of nitrogens with one attached hydrogen (secondary N) is 1. The summed E-state index contributed by atoms with van der Waals surface area (Å²) in [7, 11) is 1.94. The molecule has 20 heavy (non-hydrogen) atoms. The van der Waals surface area contributed by atoms with Crippen LogP contribution in [-0.4, -0.2) is 35.3 Å². The van der Waals surface area contributed by atoms with Crippen LogP contribution in [0.25, 0.3) is 10.9 Å². The van der Waals surface area contributed by atoms with Crippen LogP contribution in [0.4, 0.5) is 0 Å². The molecule has 0 aliphatic carbocycles. The highest BCUT2D eigenvalue weighted by Crippen LogP contribution is 2.25. The van der Waals surface area contributed by atoms with E-state index in [-0.39, 0.29) is 19.1 Å². The Hall–Kier alpha value is -1.85. The van der Waals surface area contributed by atoms with Gasteiger partial charge in [-0.3, -0.25) is 4.79 Å². The van der Waals surface area contributed by atoms with Crippen molar-refractivity contribution in [2.45, 2.75) is 13.0 Å². The number of nitrogens with zero attached hydrogens (tertiary/aromatic N) is 1. The molecule has 1 atom stereocenters. The number of para-hydroxylation sites is 1. The Labute approximate surface area is 118 Å². The van der Waals surface area contributed by atoms with Gasteiger partial charge in [-0.25, -0.2) is 0 Å². The highest BCUT2D eigenvalue weighted by molar-refractivity contribution is 5.84. The molecule has 1 aromatic heterocycles. The second kappa shape index (κ2) is 6.54. The lowest BCUT2D eigenvalue weighted by Gasteiger charge is -2.11. The molecule has 1 aromatic carbocycles. The number of amides is 1. The molecule has 1 heterocycles. The number of rotatable bonds is 6. The van der Waals surface area contributed by atoms with E-state index < -0.39 is 6.10 Å². The summed E-state index contributed by atoms with van der Waals surface area (Å²) in [6, 6.07) is 7.86. The van der Waals surface area contributed by atoms with Crippen molar-refractivity contribution in [3.05, 3.63) is 36.0 Å². The lowest BCUT2D eigenvalue weighted by molar-refractivity contribution is -0.126. The molecule has 0 fully saturated rings. The first-order valence-corrected chi connectivity index (χ1v) is 6.70. The first-order valence-electron chi connectivity index (χ1n) is 6.70. The van der Waals surface area contributed by atoms with Crippen LogP contribution in [0.1, 0.15) is 18.6 Å². The first kappa shape index (κ1) is 14.6. The third-order valence-electron chi connectivity index (χ3n) is 3.22. The Morgan fingerprint density at radius 1 is 1.45 bits per heavy atom. The van der Waals surface area contributed by atoms with Gasteiger partial charge in [0.15, 0.2) is 0 Å². The fraction of sp³-hybridized carbons (Fsp3) is 0.400. The van der Waals surface area contributed by atoms with Crippen LogP contribution in [0, 0.1) is 0 Å². The third kappa shape index (κ3) is 3.18. The minimum atomic E-state index is -0.730. The van der Waals surface area contributed by atoms with Gasteiger partial charge in [0.1, 0.15) is 6.61 Å². The normalized spacial score (nSPS) is 12.6. The quantitative estimate of drug-likeness (QED) is 0.837. The van der Waals surface area contributed by atoms with Gasteiger partial charge in [-0.2, -0.15) is 0 Å². The van der Waals surface area contributed by atoms with E-state index >= 15 is 0 Å². The van der Waals surface area contributed by atoms with Crippen molar-refractivity contribution in [2.75, 3.05) is 19.8 Å². The van der Waals surface area contributed by atoms with Crippen LogP contribution in [0.3, 0.4) is 0 Å².